The highest BCUT2D eigenvalue weighted by atomic mass is 16.8. The number of carbonyl (C=O) groups is 1. The molecule has 3 saturated heterocycles. The number of carbonyl (C=O) groups excluding carboxylic acids is 1. The van der Waals surface area contributed by atoms with Gasteiger partial charge in [-0.15, -0.1) is 0 Å². The van der Waals surface area contributed by atoms with E-state index in [2.05, 4.69) is 27.7 Å². The Morgan fingerprint density at radius 3 is 2.03 bits per heavy atom. The van der Waals surface area contributed by atoms with Crippen molar-refractivity contribution in [1.82, 2.24) is 0 Å². The fraction of sp³-hybridized carbons (Fsp3) is 0.977. The first-order chi connectivity index (χ1) is 27.7. The summed E-state index contributed by atoms with van der Waals surface area (Å²) in [6.07, 6.45) is -13.1. The second-order valence-electron chi connectivity index (χ2n) is 21.8. The summed E-state index contributed by atoms with van der Waals surface area (Å²) in [5.74, 6) is -1.07. The summed E-state index contributed by atoms with van der Waals surface area (Å²) >= 11 is 0. The number of ether oxygens (including phenoxy) is 6. The van der Waals surface area contributed by atoms with E-state index in [1.54, 1.807) is 13.8 Å². The minimum absolute atomic E-state index is 0.00983. The monoisotopic (exact) mass is 858 g/mol. The van der Waals surface area contributed by atoms with Crippen LogP contribution in [0.2, 0.25) is 0 Å². The third kappa shape index (κ3) is 7.41. The van der Waals surface area contributed by atoms with E-state index in [-0.39, 0.29) is 29.8 Å². The van der Waals surface area contributed by atoms with Gasteiger partial charge in [-0.05, 0) is 117 Å². The van der Waals surface area contributed by atoms with Gasteiger partial charge in [0, 0.05) is 6.92 Å². The minimum atomic E-state index is -1.83. The lowest BCUT2D eigenvalue weighted by molar-refractivity contribution is -0.383. The zero-order valence-electron chi connectivity index (χ0n) is 36.8. The topological polar surface area (TPSA) is 255 Å². The molecule has 9 N–H and O–H groups in total. The van der Waals surface area contributed by atoms with Crippen LogP contribution in [0.25, 0.3) is 0 Å². The lowest BCUT2D eigenvalue weighted by Crippen LogP contribution is -2.71. The van der Waals surface area contributed by atoms with Crippen molar-refractivity contribution in [3.63, 3.8) is 0 Å². The van der Waals surface area contributed by atoms with Gasteiger partial charge in [-0.1, -0.05) is 34.6 Å². The molecule has 3 aliphatic heterocycles. The Kier molecular flexibility index (Phi) is 12.6. The van der Waals surface area contributed by atoms with Crippen molar-refractivity contribution in [1.29, 1.82) is 0 Å². The summed E-state index contributed by atoms with van der Waals surface area (Å²) in [6, 6.07) is 0. The number of hydrogen-bond acceptors (Lipinski definition) is 16. The molecule has 7 fully saturated rings. The number of aliphatic hydroxyl groups is 9. The fourth-order valence-electron chi connectivity index (χ4n) is 14.3. The lowest BCUT2D eigenvalue weighted by atomic mass is 9.34. The maximum atomic E-state index is 12.4. The Morgan fingerprint density at radius 1 is 0.767 bits per heavy atom. The number of fused-ring (bicyclic) bond motifs is 5. The second-order valence-corrected chi connectivity index (χ2v) is 21.8. The van der Waals surface area contributed by atoms with Gasteiger partial charge in [0.05, 0.1) is 42.2 Å². The molecule has 4 aliphatic carbocycles. The van der Waals surface area contributed by atoms with Gasteiger partial charge in [0.25, 0.3) is 0 Å². The van der Waals surface area contributed by atoms with Crippen LogP contribution in [0.1, 0.15) is 114 Å². The third-order valence-electron chi connectivity index (χ3n) is 17.7. The fourth-order valence-corrected chi connectivity index (χ4v) is 14.3. The first-order valence-corrected chi connectivity index (χ1v) is 22.3. The van der Waals surface area contributed by atoms with Crippen LogP contribution in [0.15, 0.2) is 0 Å². The van der Waals surface area contributed by atoms with Gasteiger partial charge in [-0.2, -0.15) is 0 Å². The summed E-state index contributed by atoms with van der Waals surface area (Å²) in [5, 5.41) is 100. The Labute approximate surface area is 353 Å². The normalized spacial score (nSPS) is 54.2. The molecule has 7 aliphatic rings. The van der Waals surface area contributed by atoms with Crippen LogP contribution in [0.3, 0.4) is 0 Å². The molecular weight excluding hydrogens is 784 g/mol. The maximum absolute atomic E-state index is 12.4. The smallest absolute Gasteiger partial charge is 0.302 e. The molecular formula is C44H74O16. The van der Waals surface area contributed by atoms with E-state index >= 15 is 0 Å². The molecule has 0 bridgehead atoms. The SMILES string of the molecule is CC(=O)OC[C@H]1O[C@@H](O[C@H]2C[C@]3(C)[C@H](C[C@@H](O)[C@@H]4[C@H]([C@]5(C)CC[C@@H](C(C)(C)O)O5)CC[C@]43C)[C@@]3(C)CC[C@H](O)C(C)(C)[C@H]23)[C@H](O[C@@H]2O[C@H](CO)[C@@H](O)[C@H](O)[C@H]2O)[C@@H](O)[C@@H]1O. The summed E-state index contributed by atoms with van der Waals surface area (Å²) in [5.41, 5.74) is -3.63. The Balaban J connectivity index is 1.27. The maximum Gasteiger partial charge on any atom is 0.302 e. The Morgan fingerprint density at radius 2 is 1.42 bits per heavy atom. The molecule has 16 heteroatoms. The first kappa shape index (κ1) is 46.9. The van der Waals surface area contributed by atoms with Crippen LogP contribution in [-0.4, -0.2) is 162 Å². The molecule has 0 unspecified atom stereocenters. The highest BCUT2D eigenvalue weighted by Crippen LogP contribution is 2.76. The molecule has 4 saturated carbocycles. The minimum Gasteiger partial charge on any atom is -0.463 e. The van der Waals surface area contributed by atoms with Crippen LogP contribution in [0.5, 0.6) is 0 Å². The van der Waals surface area contributed by atoms with E-state index in [0.717, 1.165) is 25.7 Å². The largest absolute Gasteiger partial charge is 0.463 e. The average molecular weight is 859 g/mol. The van der Waals surface area contributed by atoms with Crippen LogP contribution < -0.4 is 0 Å². The van der Waals surface area contributed by atoms with E-state index in [1.807, 2.05) is 13.8 Å². The van der Waals surface area contributed by atoms with Crippen molar-refractivity contribution in [2.24, 2.45) is 45.3 Å². The van der Waals surface area contributed by atoms with Gasteiger partial charge in [0.1, 0.15) is 55.4 Å². The number of aliphatic hydroxyl groups excluding tert-OH is 8. The number of rotatable bonds is 9. The summed E-state index contributed by atoms with van der Waals surface area (Å²) in [6.45, 7) is 16.6. The number of esters is 1. The highest BCUT2D eigenvalue weighted by Gasteiger charge is 2.74. The van der Waals surface area contributed by atoms with Gasteiger partial charge in [0.15, 0.2) is 12.6 Å². The van der Waals surface area contributed by atoms with E-state index < -0.39 is 132 Å². The second kappa shape index (κ2) is 16.1. The molecule has 346 valence electrons. The predicted molar refractivity (Wildman–Crippen MR) is 211 cm³/mol. The van der Waals surface area contributed by atoms with Crippen LogP contribution >= 0.6 is 0 Å². The van der Waals surface area contributed by atoms with Crippen molar-refractivity contribution in [2.45, 2.75) is 211 Å². The highest BCUT2D eigenvalue weighted by molar-refractivity contribution is 5.65. The molecule has 22 atom stereocenters. The predicted octanol–water partition coefficient (Wildman–Crippen LogP) is 0.902. The average Bonchev–Trinajstić information content (AvgIpc) is 3.76. The van der Waals surface area contributed by atoms with Crippen molar-refractivity contribution in [3.05, 3.63) is 0 Å². The van der Waals surface area contributed by atoms with Gasteiger partial charge in [-0.25, -0.2) is 0 Å². The van der Waals surface area contributed by atoms with Crippen LogP contribution in [-0.2, 0) is 33.2 Å². The van der Waals surface area contributed by atoms with Gasteiger partial charge >= 0.3 is 5.97 Å². The van der Waals surface area contributed by atoms with Crippen LogP contribution in [0.4, 0.5) is 0 Å². The van der Waals surface area contributed by atoms with Gasteiger partial charge < -0.3 is 74.4 Å². The van der Waals surface area contributed by atoms with Crippen LogP contribution in [0, 0.1) is 45.3 Å². The van der Waals surface area contributed by atoms with Gasteiger partial charge in [0.2, 0.25) is 0 Å². The molecule has 7 rings (SSSR count). The summed E-state index contributed by atoms with van der Waals surface area (Å²) < 4.78 is 37.3. The number of hydrogen-bond donors (Lipinski definition) is 9. The molecule has 0 spiro atoms. The molecule has 0 aromatic heterocycles. The molecule has 16 nitrogen and oxygen atoms in total. The van der Waals surface area contributed by atoms with E-state index in [9.17, 15) is 50.8 Å². The third-order valence-corrected chi connectivity index (χ3v) is 17.7. The standard InChI is InChI=1S/C44H74O16/c1-20(46)55-19-25-31(50)33(52)35(59-37-34(53)32(51)30(49)24(18-45)57-37)38(58-25)56-23-17-43(8)26(41(6)13-11-27(48)39(2,3)36(23)41)16-22(47)29-21(10-14-42(29,43)7)44(9)15-12-28(60-44)40(4,5)54/h21-38,45,47-54H,10-19H2,1-9H3/t21-,22-,23+,24-,25-,26-,27+,28+,29+,30-,31-,32+,33+,34-,35-,36+,37+,38-,41-,42-,43-,44+/m1/s1. The zero-order chi connectivity index (χ0) is 44.3. The lowest BCUT2D eigenvalue weighted by Gasteiger charge is -2.72. The van der Waals surface area contributed by atoms with E-state index in [1.165, 1.54) is 6.92 Å². The van der Waals surface area contributed by atoms with Crippen molar-refractivity contribution < 1.29 is 79.2 Å². The Hall–Kier alpha value is -1.09. The van der Waals surface area contributed by atoms with Crippen molar-refractivity contribution in [2.75, 3.05) is 13.2 Å². The van der Waals surface area contributed by atoms with E-state index in [0.29, 0.717) is 25.7 Å². The molecule has 60 heavy (non-hydrogen) atoms. The van der Waals surface area contributed by atoms with Crippen molar-refractivity contribution in [3.8, 4) is 0 Å². The molecule has 3 heterocycles. The molecule has 0 radical (unpaired) electrons. The first-order valence-electron chi connectivity index (χ1n) is 22.3. The molecule has 0 aromatic rings. The molecule has 0 amide bonds. The molecule has 0 aromatic carbocycles. The summed E-state index contributed by atoms with van der Waals surface area (Å²) in [4.78, 5) is 11.9. The zero-order valence-corrected chi connectivity index (χ0v) is 36.8. The Bertz CT molecular complexity index is 1560. The van der Waals surface area contributed by atoms with E-state index in [4.69, 9.17) is 28.4 Å². The van der Waals surface area contributed by atoms with Crippen molar-refractivity contribution >= 4 is 5.97 Å². The van der Waals surface area contributed by atoms with Gasteiger partial charge in [-0.3, -0.25) is 4.79 Å². The quantitative estimate of drug-likeness (QED) is 0.115. The summed E-state index contributed by atoms with van der Waals surface area (Å²) in [7, 11) is 0.